The van der Waals surface area contributed by atoms with E-state index in [-0.39, 0.29) is 39.6 Å². The van der Waals surface area contributed by atoms with E-state index in [1.165, 1.54) is 56.6 Å². The number of hydrogen-bond acceptors (Lipinski definition) is 6. The smallest absolute Gasteiger partial charge is 0.255 e. The van der Waals surface area contributed by atoms with Crippen LogP contribution in [0.2, 0.25) is 5.02 Å². The molecule has 12 heteroatoms. The first-order chi connectivity index (χ1) is 20.4. The van der Waals surface area contributed by atoms with E-state index in [2.05, 4.69) is 10.3 Å². The van der Waals surface area contributed by atoms with Crippen LogP contribution >= 0.6 is 11.6 Å². The van der Waals surface area contributed by atoms with Crippen molar-refractivity contribution >= 4 is 55.3 Å². The van der Waals surface area contributed by atoms with Gasteiger partial charge in [-0.3, -0.25) is 9.10 Å². The first kappa shape index (κ1) is 28.4. The summed E-state index contributed by atoms with van der Waals surface area (Å²) in [5.41, 5.74) is 2.73. The summed E-state index contributed by atoms with van der Waals surface area (Å²) < 4.78 is 67.2. The van der Waals surface area contributed by atoms with Crippen LogP contribution in [-0.2, 0) is 10.0 Å². The lowest BCUT2D eigenvalue weighted by Gasteiger charge is -2.21. The van der Waals surface area contributed by atoms with Crippen LogP contribution in [0.5, 0.6) is 0 Å². The van der Waals surface area contributed by atoms with Crippen LogP contribution in [0.3, 0.4) is 0 Å². The third-order valence-electron chi connectivity index (χ3n) is 7.01. The van der Waals surface area contributed by atoms with Gasteiger partial charge in [-0.15, -0.1) is 0 Å². The maximum Gasteiger partial charge on any atom is 0.255 e. The van der Waals surface area contributed by atoms with Gasteiger partial charge in [-0.25, -0.2) is 22.2 Å². The Kier molecular flexibility index (Phi) is 6.94. The fraction of sp³-hybridized carbons (Fsp3) is 0.0968. The van der Waals surface area contributed by atoms with Crippen LogP contribution < -0.4 is 9.62 Å². The lowest BCUT2D eigenvalue weighted by Crippen LogP contribution is -2.25. The summed E-state index contributed by atoms with van der Waals surface area (Å²) in [4.78, 5) is 17.6. The molecule has 0 spiro atoms. The predicted octanol–water partition coefficient (Wildman–Crippen LogP) is 7.26. The van der Waals surface area contributed by atoms with Crippen molar-refractivity contribution in [2.24, 2.45) is 0 Å². The van der Waals surface area contributed by atoms with Gasteiger partial charge in [0, 0.05) is 53.3 Å². The Bertz CT molecular complexity index is 2180. The Hall–Kier alpha value is -4.74. The first-order valence-corrected chi connectivity index (χ1v) is 15.1. The molecule has 6 rings (SSSR count). The van der Waals surface area contributed by atoms with Crippen molar-refractivity contribution < 1.29 is 30.8 Å². The number of aromatic nitrogens is 1. The SMILES string of the molecule is CNC(=O)c1c(-c2ccc(F)cc2)oc2cc(N(C)S(C)(=O)=O)c(-c3cc(F)cc(-c4nc5ccc(Cl)cc5o4)c3)cc12. The molecular weight excluding hydrogens is 600 g/mol. The average Bonchev–Trinajstić information content (AvgIpc) is 3.56. The molecule has 218 valence electrons. The van der Waals surface area contributed by atoms with Crippen molar-refractivity contribution in [2.75, 3.05) is 24.7 Å². The molecule has 0 atom stereocenters. The van der Waals surface area contributed by atoms with Gasteiger partial charge in [0.2, 0.25) is 15.9 Å². The Morgan fingerprint density at radius 1 is 0.884 bits per heavy atom. The highest BCUT2D eigenvalue weighted by Crippen LogP contribution is 2.42. The number of amides is 1. The molecule has 0 radical (unpaired) electrons. The van der Waals surface area contributed by atoms with Crippen LogP contribution in [-0.4, -0.2) is 39.7 Å². The highest BCUT2D eigenvalue weighted by atomic mass is 35.5. The quantitative estimate of drug-likeness (QED) is 0.210. The summed E-state index contributed by atoms with van der Waals surface area (Å²) in [7, 11) is -0.988. The summed E-state index contributed by atoms with van der Waals surface area (Å²) in [5.74, 6) is -1.30. The van der Waals surface area contributed by atoms with Crippen molar-refractivity contribution in [3.8, 4) is 33.9 Å². The van der Waals surface area contributed by atoms with Crippen LogP contribution in [0.1, 0.15) is 10.4 Å². The normalized spacial score (nSPS) is 11.8. The third kappa shape index (κ3) is 5.21. The lowest BCUT2D eigenvalue weighted by atomic mass is 9.97. The van der Waals surface area contributed by atoms with Crippen molar-refractivity contribution in [3.05, 3.63) is 95.0 Å². The summed E-state index contributed by atoms with van der Waals surface area (Å²) in [6.45, 7) is 0. The number of carbonyl (C=O) groups excluding carboxylic acids is 1. The number of nitrogens with zero attached hydrogens (tertiary/aromatic N) is 2. The van der Waals surface area contributed by atoms with E-state index in [0.717, 1.165) is 10.6 Å². The molecule has 43 heavy (non-hydrogen) atoms. The van der Waals surface area contributed by atoms with E-state index in [1.807, 2.05) is 0 Å². The van der Waals surface area contributed by atoms with Crippen molar-refractivity contribution in [1.29, 1.82) is 0 Å². The van der Waals surface area contributed by atoms with Crippen LogP contribution in [0.4, 0.5) is 14.5 Å². The van der Waals surface area contributed by atoms with Crippen LogP contribution in [0.25, 0.3) is 56.0 Å². The molecular formula is C31H22ClF2N3O5S. The molecule has 2 aromatic heterocycles. The Morgan fingerprint density at radius 3 is 2.30 bits per heavy atom. The molecule has 6 aromatic rings. The van der Waals surface area contributed by atoms with E-state index in [0.29, 0.717) is 32.6 Å². The van der Waals surface area contributed by atoms with Gasteiger partial charge in [-0.05, 0) is 66.2 Å². The standard InChI is InChI=1S/C31H22ClF2N3O5S/c1-35-30(38)28-23-14-22(17-10-18(12-21(34)11-17)31-36-24-9-6-19(32)13-27(24)42-31)25(37(2)43(3,39)40)15-26(23)41-29(28)16-4-7-20(33)8-5-16/h4-15H,1-3H3,(H,35,38). The Labute approximate surface area is 249 Å². The van der Waals surface area contributed by atoms with Crippen LogP contribution in [0.15, 0.2) is 81.6 Å². The topological polar surface area (TPSA) is 106 Å². The number of sulfonamides is 1. The highest BCUT2D eigenvalue weighted by Gasteiger charge is 2.26. The van der Waals surface area contributed by atoms with Gasteiger partial charge in [0.15, 0.2) is 5.58 Å². The molecule has 0 saturated heterocycles. The highest BCUT2D eigenvalue weighted by molar-refractivity contribution is 7.92. The zero-order valence-corrected chi connectivity index (χ0v) is 24.5. The number of rotatable bonds is 6. The predicted molar refractivity (Wildman–Crippen MR) is 162 cm³/mol. The van der Waals surface area contributed by atoms with E-state index in [1.54, 1.807) is 30.3 Å². The fourth-order valence-corrected chi connectivity index (χ4v) is 5.52. The molecule has 4 aromatic carbocycles. The number of oxazole rings is 1. The number of hydrogen-bond donors (Lipinski definition) is 1. The van der Waals surface area contributed by atoms with Gasteiger partial charge < -0.3 is 14.2 Å². The minimum atomic E-state index is -3.80. The largest absolute Gasteiger partial charge is 0.455 e. The second-order valence-corrected chi connectivity index (χ2v) is 12.3. The molecule has 8 nitrogen and oxygen atoms in total. The van der Waals surface area contributed by atoms with Crippen molar-refractivity contribution in [3.63, 3.8) is 0 Å². The maximum atomic E-state index is 15.2. The summed E-state index contributed by atoms with van der Waals surface area (Å²) in [6, 6.07) is 17.5. The monoisotopic (exact) mass is 621 g/mol. The molecule has 0 aliphatic rings. The van der Waals surface area contributed by atoms with Gasteiger partial charge in [-0.1, -0.05) is 11.6 Å². The number of benzene rings is 4. The van der Waals surface area contributed by atoms with Gasteiger partial charge in [0.1, 0.15) is 28.5 Å². The van der Waals surface area contributed by atoms with Gasteiger partial charge in [0.25, 0.3) is 5.91 Å². The average molecular weight is 622 g/mol. The summed E-state index contributed by atoms with van der Waals surface area (Å²) >= 11 is 6.07. The van der Waals surface area contributed by atoms with E-state index < -0.39 is 27.6 Å². The molecule has 0 fully saturated rings. The maximum absolute atomic E-state index is 15.2. The number of halogens is 3. The number of carbonyl (C=O) groups is 1. The van der Waals surface area contributed by atoms with Gasteiger partial charge >= 0.3 is 0 Å². The third-order valence-corrected chi connectivity index (χ3v) is 8.44. The molecule has 2 heterocycles. The molecule has 1 amide bonds. The van der Waals surface area contributed by atoms with E-state index in [9.17, 15) is 17.6 Å². The summed E-state index contributed by atoms with van der Waals surface area (Å²) in [6.07, 6.45) is 1.03. The second-order valence-electron chi connectivity index (χ2n) is 9.85. The minimum Gasteiger partial charge on any atom is -0.455 e. The fourth-order valence-electron chi connectivity index (χ4n) is 4.85. The molecule has 0 aliphatic heterocycles. The molecule has 0 aliphatic carbocycles. The number of nitrogens with one attached hydrogen (secondary N) is 1. The van der Waals surface area contributed by atoms with E-state index >= 15 is 4.39 Å². The van der Waals surface area contributed by atoms with Crippen molar-refractivity contribution in [1.82, 2.24) is 10.3 Å². The molecule has 1 N–H and O–H groups in total. The first-order valence-electron chi connectivity index (χ1n) is 12.8. The Balaban J connectivity index is 1.62. The number of anilines is 1. The number of furan rings is 1. The lowest BCUT2D eigenvalue weighted by molar-refractivity contribution is 0.0964. The molecule has 0 bridgehead atoms. The molecule has 0 saturated carbocycles. The van der Waals surface area contributed by atoms with Gasteiger partial charge in [0.05, 0.1) is 17.5 Å². The van der Waals surface area contributed by atoms with Crippen LogP contribution in [0, 0.1) is 11.6 Å². The Morgan fingerprint density at radius 2 is 1.60 bits per heavy atom. The van der Waals surface area contributed by atoms with E-state index in [4.69, 9.17) is 20.4 Å². The molecule has 0 unspecified atom stereocenters. The van der Waals surface area contributed by atoms with Gasteiger partial charge in [-0.2, -0.15) is 0 Å². The zero-order chi connectivity index (χ0) is 30.6. The summed E-state index contributed by atoms with van der Waals surface area (Å²) in [5, 5.41) is 3.37. The zero-order valence-electron chi connectivity index (χ0n) is 22.9. The number of fused-ring (bicyclic) bond motifs is 2. The second kappa shape index (κ2) is 10.5. The van der Waals surface area contributed by atoms with Crippen molar-refractivity contribution in [2.45, 2.75) is 0 Å². The minimum absolute atomic E-state index is 0.130.